The lowest BCUT2D eigenvalue weighted by Gasteiger charge is -2.29. The van der Waals surface area contributed by atoms with Gasteiger partial charge in [0, 0.05) is 6.61 Å². The molecule has 0 aromatic heterocycles. The zero-order valence-corrected chi connectivity index (χ0v) is 11.3. The molecule has 1 aliphatic carbocycles. The standard InChI is InChI=1S/C14H19F3N2O/c1-2-20-13(9-7-8-9)12(19-18)10-5-3-4-6-11(10)14(15,16)17/h3-6,9,12-13,19H,2,7-8,18H2,1H3. The van der Waals surface area contributed by atoms with E-state index in [9.17, 15) is 13.2 Å². The lowest BCUT2D eigenvalue weighted by molar-refractivity contribution is -0.138. The van der Waals surface area contributed by atoms with Crippen molar-refractivity contribution < 1.29 is 17.9 Å². The predicted molar refractivity (Wildman–Crippen MR) is 69.6 cm³/mol. The van der Waals surface area contributed by atoms with Crippen LogP contribution in [0.15, 0.2) is 24.3 Å². The van der Waals surface area contributed by atoms with E-state index in [2.05, 4.69) is 5.43 Å². The molecule has 3 N–H and O–H groups in total. The molecule has 0 amide bonds. The van der Waals surface area contributed by atoms with Gasteiger partial charge >= 0.3 is 6.18 Å². The average molecular weight is 288 g/mol. The predicted octanol–water partition coefficient (Wildman–Crippen LogP) is 3.02. The van der Waals surface area contributed by atoms with Gasteiger partial charge in [-0.15, -0.1) is 0 Å². The first kappa shape index (κ1) is 15.3. The summed E-state index contributed by atoms with van der Waals surface area (Å²) < 4.78 is 44.9. The van der Waals surface area contributed by atoms with E-state index in [0.29, 0.717) is 6.61 Å². The summed E-state index contributed by atoms with van der Waals surface area (Å²) in [6, 6.07) is 4.86. The van der Waals surface area contributed by atoms with Gasteiger partial charge in [-0.2, -0.15) is 13.2 Å². The molecule has 3 nitrogen and oxygen atoms in total. The van der Waals surface area contributed by atoms with Crippen molar-refractivity contribution in [2.75, 3.05) is 6.61 Å². The molecule has 20 heavy (non-hydrogen) atoms. The van der Waals surface area contributed by atoms with Gasteiger partial charge in [-0.05, 0) is 37.3 Å². The van der Waals surface area contributed by atoms with Gasteiger partial charge in [0.1, 0.15) is 0 Å². The highest BCUT2D eigenvalue weighted by Gasteiger charge is 2.41. The summed E-state index contributed by atoms with van der Waals surface area (Å²) in [5, 5.41) is 0. The molecule has 1 aromatic rings. The highest BCUT2D eigenvalue weighted by Crippen LogP contribution is 2.42. The molecule has 0 aliphatic heterocycles. The minimum absolute atomic E-state index is 0.146. The zero-order valence-electron chi connectivity index (χ0n) is 11.3. The third-order valence-corrected chi connectivity index (χ3v) is 3.56. The van der Waals surface area contributed by atoms with Gasteiger partial charge in [0.05, 0.1) is 17.7 Å². The molecule has 1 aromatic carbocycles. The third kappa shape index (κ3) is 3.31. The summed E-state index contributed by atoms with van der Waals surface area (Å²) in [6.07, 6.45) is -2.78. The molecule has 2 rings (SSSR count). The SMILES string of the molecule is CCOC(C1CC1)C(NN)c1ccccc1C(F)(F)F. The fraction of sp³-hybridized carbons (Fsp3) is 0.571. The molecule has 0 radical (unpaired) electrons. The second-order valence-electron chi connectivity index (χ2n) is 4.99. The first-order valence-electron chi connectivity index (χ1n) is 6.72. The number of benzene rings is 1. The highest BCUT2D eigenvalue weighted by atomic mass is 19.4. The highest BCUT2D eigenvalue weighted by molar-refractivity contribution is 5.33. The van der Waals surface area contributed by atoms with Crippen LogP contribution in [0.5, 0.6) is 0 Å². The van der Waals surface area contributed by atoms with E-state index in [1.807, 2.05) is 6.92 Å². The van der Waals surface area contributed by atoms with Crippen molar-refractivity contribution in [1.29, 1.82) is 0 Å². The fourth-order valence-electron chi connectivity index (χ4n) is 2.51. The maximum absolute atomic E-state index is 13.1. The number of nitrogens with one attached hydrogen (secondary N) is 1. The molecule has 1 fully saturated rings. The zero-order chi connectivity index (χ0) is 14.8. The van der Waals surface area contributed by atoms with Crippen molar-refractivity contribution in [2.24, 2.45) is 11.8 Å². The van der Waals surface area contributed by atoms with Crippen LogP contribution < -0.4 is 11.3 Å². The topological polar surface area (TPSA) is 47.3 Å². The van der Waals surface area contributed by atoms with E-state index in [0.717, 1.165) is 18.9 Å². The lowest BCUT2D eigenvalue weighted by atomic mass is 9.94. The van der Waals surface area contributed by atoms with E-state index in [1.165, 1.54) is 12.1 Å². The molecule has 1 aliphatic rings. The van der Waals surface area contributed by atoms with Gasteiger partial charge in [-0.25, -0.2) is 0 Å². The van der Waals surface area contributed by atoms with Gasteiger partial charge in [0.25, 0.3) is 0 Å². The molecule has 0 saturated heterocycles. The molecular formula is C14H19F3N2O. The minimum atomic E-state index is -4.40. The number of rotatable bonds is 6. The maximum atomic E-state index is 13.1. The third-order valence-electron chi connectivity index (χ3n) is 3.56. The quantitative estimate of drug-likeness (QED) is 0.625. The minimum Gasteiger partial charge on any atom is -0.376 e. The van der Waals surface area contributed by atoms with Crippen LogP contribution in [-0.2, 0) is 10.9 Å². The van der Waals surface area contributed by atoms with Gasteiger partial charge in [0.15, 0.2) is 0 Å². The molecule has 6 heteroatoms. The maximum Gasteiger partial charge on any atom is 0.416 e. The summed E-state index contributed by atoms with van der Waals surface area (Å²) in [6.45, 7) is 2.28. The molecule has 2 atom stereocenters. The summed E-state index contributed by atoms with van der Waals surface area (Å²) in [5.41, 5.74) is 2.00. The molecular weight excluding hydrogens is 269 g/mol. The van der Waals surface area contributed by atoms with Crippen molar-refractivity contribution in [3.63, 3.8) is 0 Å². The van der Waals surface area contributed by atoms with E-state index >= 15 is 0 Å². The van der Waals surface area contributed by atoms with E-state index in [4.69, 9.17) is 10.6 Å². The number of halogens is 3. The molecule has 0 bridgehead atoms. The summed E-state index contributed by atoms with van der Waals surface area (Å²) in [5.74, 6) is 5.79. The Morgan fingerprint density at radius 2 is 2.00 bits per heavy atom. The summed E-state index contributed by atoms with van der Waals surface area (Å²) in [4.78, 5) is 0. The molecule has 112 valence electrons. The molecule has 1 saturated carbocycles. The number of hydrogen-bond donors (Lipinski definition) is 2. The number of ether oxygens (including phenoxy) is 1. The van der Waals surface area contributed by atoms with Crippen LogP contribution in [0, 0.1) is 5.92 Å². The van der Waals surface area contributed by atoms with Crippen LogP contribution in [-0.4, -0.2) is 12.7 Å². The van der Waals surface area contributed by atoms with Crippen LogP contribution >= 0.6 is 0 Å². The van der Waals surface area contributed by atoms with Crippen LogP contribution in [0.4, 0.5) is 13.2 Å². The second-order valence-corrected chi connectivity index (χ2v) is 4.99. The van der Waals surface area contributed by atoms with Crippen LogP contribution in [0.1, 0.15) is 36.9 Å². The Morgan fingerprint density at radius 1 is 1.35 bits per heavy atom. The number of alkyl halides is 3. The Hall–Kier alpha value is -1.11. The Morgan fingerprint density at radius 3 is 2.50 bits per heavy atom. The van der Waals surface area contributed by atoms with Gasteiger partial charge in [-0.3, -0.25) is 11.3 Å². The first-order valence-corrected chi connectivity index (χ1v) is 6.72. The number of hydrogen-bond acceptors (Lipinski definition) is 3. The fourth-order valence-corrected chi connectivity index (χ4v) is 2.51. The van der Waals surface area contributed by atoms with Gasteiger partial charge < -0.3 is 4.74 Å². The van der Waals surface area contributed by atoms with Crippen molar-refractivity contribution >= 4 is 0 Å². The van der Waals surface area contributed by atoms with Gasteiger partial charge in [0.2, 0.25) is 0 Å². The monoisotopic (exact) mass is 288 g/mol. The summed E-state index contributed by atoms with van der Waals surface area (Å²) in [7, 11) is 0. The Labute approximate surface area is 116 Å². The van der Waals surface area contributed by atoms with E-state index in [-0.39, 0.29) is 17.6 Å². The second kappa shape index (κ2) is 6.11. The van der Waals surface area contributed by atoms with Crippen molar-refractivity contribution in [3.8, 4) is 0 Å². The van der Waals surface area contributed by atoms with Gasteiger partial charge in [-0.1, -0.05) is 18.2 Å². The van der Waals surface area contributed by atoms with Crippen LogP contribution in [0.2, 0.25) is 0 Å². The molecule has 0 spiro atoms. The van der Waals surface area contributed by atoms with Crippen molar-refractivity contribution in [1.82, 2.24) is 5.43 Å². The largest absolute Gasteiger partial charge is 0.416 e. The normalized spacial score (nSPS) is 18.9. The number of hydrazine groups is 1. The van der Waals surface area contributed by atoms with Crippen LogP contribution in [0.3, 0.4) is 0 Å². The Kier molecular flexibility index (Phi) is 4.67. The Balaban J connectivity index is 2.35. The molecule has 2 unspecified atom stereocenters. The smallest absolute Gasteiger partial charge is 0.376 e. The first-order chi connectivity index (χ1) is 9.49. The van der Waals surface area contributed by atoms with E-state index < -0.39 is 17.8 Å². The van der Waals surface area contributed by atoms with Crippen LogP contribution in [0.25, 0.3) is 0 Å². The average Bonchev–Trinajstić information content (AvgIpc) is 3.22. The Bertz CT molecular complexity index is 446. The van der Waals surface area contributed by atoms with Crippen molar-refractivity contribution in [2.45, 2.75) is 38.1 Å². The lowest BCUT2D eigenvalue weighted by Crippen LogP contribution is -2.40. The molecule has 0 heterocycles. The van der Waals surface area contributed by atoms with E-state index in [1.54, 1.807) is 6.07 Å². The van der Waals surface area contributed by atoms with Crippen molar-refractivity contribution in [3.05, 3.63) is 35.4 Å². The summed E-state index contributed by atoms with van der Waals surface area (Å²) >= 11 is 0. The number of nitrogens with two attached hydrogens (primary N) is 1.